The number of thioether (sulfide) groups is 1. The lowest BCUT2D eigenvalue weighted by Gasteiger charge is -2.37. The van der Waals surface area contributed by atoms with Gasteiger partial charge in [-0.3, -0.25) is 9.69 Å². The second kappa shape index (κ2) is 11.5. The number of hydrogen-bond donors (Lipinski definition) is 1. The fraction of sp³-hybridized carbons (Fsp3) is 0.286. The Morgan fingerprint density at radius 1 is 1.08 bits per heavy atom. The predicted molar refractivity (Wildman–Crippen MR) is 152 cm³/mol. The largest absolute Gasteiger partial charge is 0.354 e. The Morgan fingerprint density at radius 3 is 2.56 bits per heavy atom. The number of hydrogen-bond acceptors (Lipinski definition) is 7. The summed E-state index contributed by atoms with van der Waals surface area (Å²) in [6.45, 7) is 17.8. The molecule has 4 rings (SSSR count). The first-order valence-corrected chi connectivity index (χ1v) is 12.8. The van der Waals surface area contributed by atoms with Crippen molar-refractivity contribution in [2.45, 2.75) is 26.8 Å². The highest BCUT2D eigenvalue weighted by molar-refractivity contribution is 8.17. The van der Waals surface area contributed by atoms with Gasteiger partial charge in [0.25, 0.3) is 5.91 Å². The normalized spacial score (nSPS) is 14.8. The van der Waals surface area contributed by atoms with Crippen LogP contribution in [0, 0.1) is 0 Å². The van der Waals surface area contributed by atoms with Gasteiger partial charge in [-0.1, -0.05) is 37.1 Å². The summed E-state index contributed by atoms with van der Waals surface area (Å²) in [4.78, 5) is 32.0. The summed E-state index contributed by atoms with van der Waals surface area (Å²) in [6, 6.07) is 12.0. The highest BCUT2D eigenvalue weighted by atomic mass is 32.2. The smallest absolute Gasteiger partial charge is 0.257 e. The number of anilines is 2. The number of benzene rings is 1. The van der Waals surface area contributed by atoms with Gasteiger partial charge >= 0.3 is 0 Å². The Labute approximate surface area is 217 Å². The Balaban J connectivity index is 1.51. The number of pyridine rings is 2. The molecular formula is C28H32N6OS. The lowest BCUT2D eigenvalue weighted by Crippen LogP contribution is -2.49. The van der Waals surface area contributed by atoms with Gasteiger partial charge < -0.3 is 10.2 Å². The van der Waals surface area contributed by atoms with E-state index < -0.39 is 0 Å². The molecular weight excluding hydrogens is 468 g/mol. The van der Waals surface area contributed by atoms with E-state index >= 15 is 0 Å². The van der Waals surface area contributed by atoms with Crippen LogP contribution in [0.4, 0.5) is 11.6 Å². The maximum Gasteiger partial charge on any atom is 0.257 e. The van der Waals surface area contributed by atoms with E-state index in [9.17, 15) is 4.79 Å². The minimum absolute atomic E-state index is 0.214. The molecule has 1 fully saturated rings. The molecule has 186 valence electrons. The van der Waals surface area contributed by atoms with Gasteiger partial charge in [0.15, 0.2) is 0 Å². The first kappa shape index (κ1) is 25.6. The summed E-state index contributed by atoms with van der Waals surface area (Å²) in [5.41, 5.74) is 1.51. The summed E-state index contributed by atoms with van der Waals surface area (Å²) >= 11 is 1.50. The number of allylic oxidation sites excluding steroid dienone is 1. The summed E-state index contributed by atoms with van der Waals surface area (Å²) in [5.74, 6) is 1.10. The Kier molecular flexibility index (Phi) is 8.18. The van der Waals surface area contributed by atoms with Gasteiger partial charge in [0.2, 0.25) is 0 Å². The first-order valence-electron chi connectivity index (χ1n) is 12.0. The first-order chi connectivity index (χ1) is 17.3. The number of carbonyl (C=O) groups excluding carboxylic acids is 1. The Morgan fingerprint density at radius 2 is 1.86 bits per heavy atom. The third-order valence-electron chi connectivity index (χ3n) is 6.07. The van der Waals surface area contributed by atoms with Crippen LogP contribution >= 0.6 is 11.8 Å². The lowest BCUT2D eigenvalue weighted by molar-refractivity contribution is 0.102. The van der Waals surface area contributed by atoms with Gasteiger partial charge in [-0.05, 0) is 55.3 Å². The molecule has 1 aromatic carbocycles. The van der Waals surface area contributed by atoms with E-state index in [1.165, 1.54) is 18.0 Å². The average Bonchev–Trinajstić information content (AvgIpc) is 2.88. The van der Waals surface area contributed by atoms with Crippen molar-refractivity contribution in [1.29, 1.82) is 0 Å². The molecule has 0 aliphatic carbocycles. The van der Waals surface area contributed by atoms with Crippen LogP contribution in [0.2, 0.25) is 0 Å². The second-order valence-corrected chi connectivity index (χ2v) is 10.3. The third kappa shape index (κ3) is 6.19. The van der Waals surface area contributed by atoms with Crippen LogP contribution in [0.25, 0.3) is 10.8 Å². The molecule has 7 nitrogen and oxygen atoms in total. The molecule has 0 saturated carbocycles. The number of rotatable bonds is 7. The van der Waals surface area contributed by atoms with E-state index in [1.807, 2.05) is 37.3 Å². The minimum Gasteiger partial charge on any atom is -0.354 e. The number of fused-ring (bicyclic) bond motifs is 1. The lowest BCUT2D eigenvalue weighted by atomic mass is 10.1. The van der Waals surface area contributed by atoms with Gasteiger partial charge in [0.05, 0.1) is 0 Å². The molecule has 3 heterocycles. The fourth-order valence-corrected chi connectivity index (χ4v) is 4.84. The number of amides is 1. The number of piperazine rings is 1. The summed E-state index contributed by atoms with van der Waals surface area (Å²) in [5, 5.41) is 5.69. The average molecular weight is 501 g/mol. The highest BCUT2D eigenvalue weighted by Gasteiger charge is 2.20. The maximum absolute atomic E-state index is 13.1. The molecule has 0 unspecified atom stereocenters. The van der Waals surface area contributed by atoms with E-state index in [-0.39, 0.29) is 5.91 Å². The zero-order chi connectivity index (χ0) is 25.7. The van der Waals surface area contributed by atoms with E-state index in [2.05, 4.69) is 57.1 Å². The van der Waals surface area contributed by atoms with Crippen LogP contribution in [-0.2, 0) is 0 Å². The van der Waals surface area contributed by atoms with Crippen molar-refractivity contribution in [3.8, 4) is 0 Å². The van der Waals surface area contributed by atoms with Crippen LogP contribution in [0.15, 0.2) is 78.0 Å². The third-order valence-corrected chi connectivity index (χ3v) is 6.95. The molecule has 0 spiro atoms. The van der Waals surface area contributed by atoms with Crippen molar-refractivity contribution in [1.82, 2.24) is 14.9 Å². The van der Waals surface area contributed by atoms with Crippen molar-refractivity contribution in [2.75, 3.05) is 36.4 Å². The number of nitrogens with one attached hydrogen (secondary N) is 1. The quantitative estimate of drug-likeness (QED) is 0.338. The molecule has 36 heavy (non-hydrogen) atoms. The molecule has 1 saturated heterocycles. The number of nitrogens with zero attached hydrogens (tertiary/aromatic N) is 5. The Bertz CT molecular complexity index is 1310. The topological polar surface area (TPSA) is 73.7 Å². The Hall–Kier alpha value is -3.49. The predicted octanol–water partition coefficient (Wildman–Crippen LogP) is 5.57. The molecule has 1 N–H and O–H groups in total. The van der Waals surface area contributed by atoms with Crippen molar-refractivity contribution in [3.05, 3.63) is 84.2 Å². The molecule has 1 aliphatic heterocycles. The molecule has 0 atom stereocenters. The van der Waals surface area contributed by atoms with Crippen molar-refractivity contribution in [2.24, 2.45) is 4.99 Å². The van der Waals surface area contributed by atoms with Gasteiger partial charge in [-0.25, -0.2) is 15.0 Å². The SMILES string of the molecule is C=C/N=C(\SC(=C)C)c1ccc2cnc(NC(=O)c3ccnc(N4CCN(C(C)C)CC4)c3)cc2c1. The zero-order valence-electron chi connectivity index (χ0n) is 21.1. The van der Waals surface area contributed by atoms with E-state index in [4.69, 9.17) is 0 Å². The van der Waals surface area contributed by atoms with Crippen LogP contribution in [0.3, 0.4) is 0 Å². The van der Waals surface area contributed by atoms with Crippen LogP contribution in [-0.4, -0.2) is 58.0 Å². The van der Waals surface area contributed by atoms with Gasteiger partial charge in [0, 0.05) is 67.3 Å². The van der Waals surface area contributed by atoms with E-state index in [0.29, 0.717) is 17.4 Å². The van der Waals surface area contributed by atoms with Gasteiger partial charge in [-0.2, -0.15) is 0 Å². The van der Waals surface area contributed by atoms with Crippen LogP contribution in [0.1, 0.15) is 36.7 Å². The van der Waals surface area contributed by atoms with E-state index in [0.717, 1.165) is 58.3 Å². The van der Waals surface area contributed by atoms with Gasteiger partial charge in [-0.15, -0.1) is 0 Å². The fourth-order valence-electron chi connectivity index (χ4n) is 4.14. The minimum atomic E-state index is -0.214. The van der Waals surface area contributed by atoms with Crippen molar-refractivity contribution in [3.63, 3.8) is 0 Å². The number of aliphatic imine (C=N–C) groups is 1. The van der Waals surface area contributed by atoms with E-state index in [1.54, 1.807) is 18.5 Å². The molecule has 3 aromatic rings. The number of aromatic nitrogens is 2. The summed E-state index contributed by atoms with van der Waals surface area (Å²) in [7, 11) is 0. The standard InChI is InChI=1S/C28H32N6OS/c1-6-29-28(36-20(4)5)22-7-8-23-18-31-25(16-24(23)15-22)32-27(35)21-9-10-30-26(17-21)34-13-11-33(12-14-34)19(2)3/h6-10,15-19H,1,4,11-14H2,2-3,5H3,(H,31,32,35)/b29-28-. The zero-order valence-corrected chi connectivity index (χ0v) is 21.9. The molecule has 2 aromatic heterocycles. The second-order valence-electron chi connectivity index (χ2n) is 9.03. The summed E-state index contributed by atoms with van der Waals surface area (Å²) < 4.78 is 0. The monoisotopic (exact) mass is 500 g/mol. The van der Waals surface area contributed by atoms with Crippen LogP contribution < -0.4 is 10.2 Å². The van der Waals surface area contributed by atoms with Gasteiger partial charge in [0.1, 0.15) is 16.7 Å². The highest BCUT2D eigenvalue weighted by Crippen LogP contribution is 2.25. The van der Waals surface area contributed by atoms with Crippen molar-refractivity contribution < 1.29 is 4.79 Å². The molecule has 1 amide bonds. The molecule has 8 heteroatoms. The van der Waals surface area contributed by atoms with Crippen molar-refractivity contribution >= 4 is 45.1 Å². The number of carbonyl (C=O) groups is 1. The summed E-state index contributed by atoms with van der Waals surface area (Å²) in [6.07, 6.45) is 4.98. The molecule has 0 radical (unpaired) electrons. The molecule has 0 bridgehead atoms. The van der Waals surface area contributed by atoms with Crippen LogP contribution in [0.5, 0.6) is 0 Å². The molecule has 1 aliphatic rings. The maximum atomic E-state index is 13.1.